The number of carbonyl (C=O) groups is 1. The first-order valence-electron chi connectivity index (χ1n) is 10.6. The topological polar surface area (TPSA) is 62.7 Å². The minimum Gasteiger partial charge on any atom is -0.507 e. The van der Waals surface area contributed by atoms with Crippen molar-refractivity contribution < 1.29 is 27.8 Å². The van der Waals surface area contributed by atoms with Crippen molar-refractivity contribution in [3.05, 3.63) is 63.7 Å². The quantitative estimate of drug-likeness (QED) is 0.412. The van der Waals surface area contributed by atoms with Gasteiger partial charge in [-0.15, -0.1) is 11.3 Å². The smallest absolute Gasteiger partial charge is 0.416 e. The van der Waals surface area contributed by atoms with Crippen LogP contribution in [0.2, 0.25) is 0 Å². The Labute approximate surface area is 200 Å². The lowest BCUT2D eigenvalue weighted by atomic mass is 10.1. The first-order chi connectivity index (χ1) is 15.7. The zero-order valence-corrected chi connectivity index (χ0v) is 20.7. The molecular formula is C25H27F3N2O3S. The predicted molar refractivity (Wildman–Crippen MR) is 127 cm³/mol. The Bertz CT molecular complexity index is 1170. The van der Waals surface area contributed by atoms with E-state index in [2.05, 4.69) is 4.98 Å². The van der Waals surface area contributed by atoms with E-state index in [1.807, 2.05) is 0 Å². The minimum absolute atomic E-state index is 0.155. The summed E-state index contributed by atoms with van der Waals surface area (Å²) in [6.07, 6.45) is -4.96. The Morgan fingerprint density at radius 1 is 1.06 bits per heavy atom. The Morgan fingerprint density at radius 3 is 2.12 bits per heavy atom. The molecule has 1 aromatic heterocycles. The Kier molecular flexibility index (Phi) is 6.98. The van der Waals surface area contributed by atoms with Gasteiger partial charge in [0.1, 0.15) is 16.4 Å². The molecule has 5 nitrogen and oxygen atoms in total. The molecule has 1 amide bonds. The van der Waals surface area contributed by atoms with E-state index in [1.54, 1.807) is 53.7 Å². The van der Waals surface area contributed by atoms with Crippen molar-refractivity contribution in [2.45, 2.75) is 59.9 Å². The second-order valence-electron chi connectivity index (χ2n) is 9.10. The molecule has 0 saturated carbocycles. The third-order valence-corrected chi connectivity index (χ3v) is 6.25. The van der Waals surface area contributed by atoms with Crippen LogP contribution in [0.25, 0.3) is 10.6 Å². The average Bonchev–Trinajstić information content (AvgIpc) is 3.08. The third-order valence-electron chi connectivity index (χ3n) is 5.05. The van der Waals surface area contributed by atoms with Crippen molar-refractivity contribution in [2.24, 2.45) is 0 Å². The van der Waals surface area contributed by atoms with Gasteiger partial charge in [-0.1, -0.05) is 12.1 Å². The van der Waals surface area contributed by atoms with Crippen LogP contribution in [0.15, 0.2) is 36.4 Å². The van der Waals surface area contributed by atoms with Gasteiger partial charge in [0.25, 0.3) is 0 Å². The van der Waals surface area contributed by atoms with Gasteiger partial charge >= 0.3 is 12.3 Å². The second-order valence-corrected chi connectivity index (χ2v) is 10.2. The number of hydrogen-bond donors (Lipinski definition) is 1. The number of rotatable bonds is 4. The van der Waals surface area contributed by atoms with E-state index in [1.165, 1.54) is 28.4 Å². The molecule has 0 fully saturated rings. The molecule has 1 N–H and O–H groups in total. The number of amides is 1. The van der Waals surface area contributed by atoms with Gasteiger partial charge in [0.05, 0.1) is 17.8 Å². The summed E-state index contributed by atoms with van der Waals surface area (Å²) in [6, 6.07) is 8.26. The zero-order chi connectivity index (χ0) is 25.4. The number of anilines is 1. The first kappa shape index (κ1) is 25.6. The maximum absolute atomic E-state index is 13.1. The summed E-state index contributed by atoms with van der Waals surface area (Å²) in [7, 11) is 0. The van der Waals surface area contributed by atoms with Crippen LogP contribution in [-0.2, 0) is 17.5 Å². The number of alkyl halides is 3. The van der Waals surface area contributed by atoms with Gasteiger partial charge in [0.15, 0.2) is 0 Å². The molecule has 0 aliphatic carbocycles. The highest BCUT2D eigenvalue weighted by molar-refractivity contribution is 7.15. The highest BCUT2D eigenvalue weighted by Gasteiger charge is 2.30. The maximum atomic E-state index is 13.1. The molecule has 1 heterocycles. The number of carbonyl (C=O) groups excluding carboxylic acids is 1. The highest BCUT2D eigenvalue weighted by atomic mass is 32.1. The van der Waals surface area contributed by atoms with Gasteiger partial charge < -0.3 is 9.84 Å². The molecular weight excluding hydrogens is 465 g/mol. The summed E-state index contributed by atoms with van der Waals surface area (Å²) in [5, 5.41) is 10.7. The van der Waals surface area contributed by atoms with Gasteiger partial charge in [-0.2, -0.15) is 13.2 Å². The number of thiazole rings is 1. The monoisotopic (exact) mass is 492 g/mol. The maximum Gasteiger partial charge on any atom is 0.416 e. The van der Waals surface area contributed by atoms with Crippen LogP contribution in [0.4, 0.5) is 23.7 Å². The summed E-state index contributed by atoms with van der Waals surface area (Å²) in [5.74, 6) is 0.159. The molecule has 2 aromatic carbocycles. The number of phenolic OH excluding ortho intramolecular Hbond substituents is 1. The molecule has 3 rings (SSSR count). The van der Waals surface area contributed by atoms with Crippen molar-refractivity contribution in [3.63, 3.8) is 0 Å². The van der Waals surface area contributed by atoms with E-state index in [9.17, 15) is 23.1 Å². The third kappa shape index (κ3) is 5.88. The molecule has 9 heteroatoms. The van der Waals surface area contributed by atoms with Crippen LogP contribution in [0, 0.1) is 20.8 Å². The van der Waals surface area contributed by atoms with Gasteiger partial charge in [0.2, 0.25) is 0 Å². The SMILES string of the molecule is Cc1cc(N(Cc2sc(-c3ccc(C(F)(F)F)cc3)nc2C)C(=O)OC(C)(C)C)cc(C)c1O. The lowest BCUT2D eigenvalue weighted by molar-refractivity contribution is -0.137. The number of aryl methyl sites for hydroxylation is 3. The Morgan fingerprint density at radius 2 is 1.62 bits per heavy atom. The molecule has 0 unspecified atom stereocenters. The number of hydrogen-bond acceptors (Lipinski definition) is 5. The number of aromatic nitrogens is 1. The molecule has 0 radical (unpaired) electrons. The van der Waals surface area contributed by atoms with Crippen LogP contribution < -0.4 is 4.90 Å². The number of benzene rings is 2. The number of nitrogens with zero attached hydrogens (tertiary/aromatic N) is 2. The summed E-state index contributed by atoms with van der Waals surface area (Å²) in [6.45, 7) is 10.8. The van der Waals surface area contributed by atoms with Crippen molar-refractivity contribution in [1.82, 2.24) is 4.98 Å². The first-order valence-corrected chi connectivity index (χ1v) is 11.4. The van der Waals surface area contributed by atoms with Crippen LogP contribution in [0.1, 0.15) is 48.0 Å². The zero-order valence-electron chi connectivity index (χ0n) is 19.9. The summed E-state index contributed by atoms with van der Waals surface area (Å²) < 4.78 is 44.3. The average molecular weight is 493 g/mol. The molecule has 0 saturated heterocycles. The van der Waals surface area contributed by atoms with Crippen LogP contribution >= 0.6 is 11.3 Å². The van der Waals surface area contributed by atoms with Crippen LogP contribution in [-0.4, -0.2) is 21.8 Å². The second kappa shape index (κ2) is 9.29. The lowest BCUT2D eigenvalue weighted by Gasteiger charge is -2.28. The Balaban J connectivity index is 1.97. The molecule has 34 heavy (non-hydrogen) atoms. The van der Waals surface area contributed by atoms with E-state index in [0.29, 0.717) is 33.1 Å². The summed E-state index contributed by atoms with van der Waals surface area (Å²) in [4.78, 5) is 19.9. The van der Waals surface area contributed by atoms with Crippen molar-refractivity contribution in [3.8, 4) is 16.3 Å². The van der Waals surface area contributed by atoms with Crippen LogP contribution in [0.5, 0.6) is 5.75 Å². The fourth-order valence-electron chi connectivity index (χ4n) is 3.31. The largest absolute Gasteiger partial charge is 0.507 e. The van der Waals surface area contributed by atoms with Gasteiger partial charge in [-0.25, -0.2) is 9.78 Å². The van der Waals surface area contributed by atoms with Crippen molar-refractivity contribution in [2.75, 3.05) is 4.90 Å². The number of ether oxygens (including phenoxy) is 1. The molecule has 0 aliphatic heterocycles. The van der Waals surface area contributed by atoms with Crippen molar-refractivity contribution >= 4 is 23.1 Å². The number of aromatic hydroxyl groups is 1. The van der Waals surface area contributed by atoms with E-state index in [-0.39, 0.29) is 12.3 Å². The van der Waals surface area contributed by atoms with Crippen LogP contribution in [0.3, 0.4) is 0 Å². The molecule has 0 spiro atoms. The van der Waals surface area contributed by atoms with Crippen molar-refractivity contribution in [1.29, 1.82) is 0 Å². The standard InChI is InChI=1S/C25H27F3N2O3S/c1-14-11-19(12-15(2)21(14)31)30(23(32)33-24(4,5)6)13-20-16(3)29-22(34-20)17-7-9-18(10-8-17)25(26,27)28/h7-12,31H,13H2,1-6H3. The molecule has 0 aliphatic rings. The van der Waals surface area contributed by atoms with Gasteiger partial charge in [-0.3, -0.25) is 4.90 Å². The minimum atomic E-state index is -4.41. The normalized spacial score (nSPS) is 12.0. The number of phenols is 1. The molecule has 0 atom stereocenters. The van der Waals surface area contributed by atoms with Gasteiger partial charge in [0, 0.05) is 16.1 Å². The molecule has 0 bridgehead atoms. The summed E-state index contributed by atoms with van der Waals surface area (Å²) in [5.41, 5.74) is 1.59. The predicted octanol–water partition coefficient (Wildman–Crippen LogP) is 7.40. The lowest BCUT2D eigenvalue weighted by Crippen LogP contribution is -2.36. The fourth-order valence-corrected chi connectivity index (χ4v) is 4.37. The van der Waals surface area contributed by atoms with Gasteiger partial charge in [-0.05, 0) is 76.9 Å². The highest BCUT2D eigenvalue weighted by Crippen LogP contribution is 2.35. The van der Waals surface area contributed by atoms with E-state index in [4.69, 9.17) is 4.74 Å². The molecule has 182 valence electrons. The summed E-state index contributed by atoms with van der Waals surface area (Å²) >= 11 is 1.30. The van der Waals surface area contributed by atoms with E-state index in [0.717, 1.165) is 17.0 Å². The molecule has 3 aromatic rings. The van der Waals surface area contributed by atoms with E-state index < -0.39 is 23.4 Å². The van der Waals surface area contributed by atoms with E-state index >= 15 is 0 Å². The number of halogens is 3. The fraction of sp³-hybridized carbons (Fsp3) is 0.360. The Hall–Kier alpha value is -3.07.